The smallest absolute Gasteiger partial charge is 0.251 e. The summed E-state index contributed by atoms with van der Waals surface area (Å²) in [5.74, 6) is -0.140. The molecule has 20 heavy (non-hydrogen) atoms. The summed E-state index contributed by atoms with van der Waals surface area (Å²) in [6.07, 6.45) is 5.27. The van der Waals surface area contributed by atoms with Gasteiger partial charge in [0.05, 0.1) is 10.7 Å². The molecule has 1 aliphatic rings. The molecule has 0 atom stereocenters. The number of anilines is 1. The van der Waals surface area contributed by atoms with Crippen LogP contribution in [0.3, 0.4) is 0 Å². The molecule has 2 rings (SSSR count). The Kier molecular flexibility index (Phi) is 5.01. The molecule has 108 valence electrons. The van der Waals surface area contributed by atoms with E-state index in [-0.39, 0.29) is 17.7 Å². The van der Waals surface area contributed by atoms with Crippen LogP contribution in [0.5, 0.6) is 0 Å². The number of carbonyl (C=O) groups is 2. The number of hydrogen-bond donors (Lipinski definition) is 2. The van der Waals surface area contributed by atoms with Crippen LogP contribution < -0.4 is 10.6 Å². The zero-order valence-electron chi connectivity index (χ0n) is 11.5. The van der Waals surface area contributed by atoms with Crippen LogP contribution in [0.15, 0.2) is 18.2 Å². The Morgan fingerprint density at radius 2 is 1.90 bits per heavy atom. The van der Waals surface area contributed by atoms with Gasteiger partial charge in [0.2, 0.25) is 5.91 Å². The van der Waals surface area contributed by atoms with Crippen LogP contribution in [0.2, 0.25) is 5.02 Å². The van der Waals surface area contributed by atoms with E-state index < -0.39 is 0 Å². The molecule has 0 bridgehead atoms. The number of carbonyl (C=O) groups excluding carboxylic acids is 2. The second kappa shape index (κ2) is 6.75. The van der Waals surface area contributed by atoms with Crippen molar-refractivity contribution < 1.29 is 9.59 Å². The predicted molar refractivity (Wildman–Crippen MR) is 80.0 cm³/mol. The van der Waals surface area contributed by atoms with Crippen LogP contribution in [0.4, 0.5) is 5.69 Å². The van der Waals surface area contributed by atoms with Gasteiger partial charge in [-0.25, -0.2) is 0 Å². The molecule has 0 unspecified atom stereocenters. The lowest BCUT2D eigenvalue weighted by atomic mass is 9.88. The molecule has 0 spiro atoms. The third-order valence-corrected chi connectivity index (χ3v) is 4.02. The van der Waals surface area contributed by atoms with Crippen molar-refractivity contribution in [2.45, 2.75) is 32.1 Å². The van der Waals surface area contributed by atoms with Gasteiger partial charge in [0.25, 0.3) is 5.91 Å². The first-order chi connectivity index (χ1) is 9.61. The van der Waals surface area contributed by atoms with Crippen molar-refractivity contribution in [1.82, 2.24) is 5.32 Å². The van der Waals surface area contributed by atoms with Crippen LogP contribution in [0.25, 0.3) is 0 Å². The number of rotatable bonds is 3. The first-order valence-electron chi connectivity index (χ1n) is 6.94. The zero-order chi connectivity index (χ0) is 14.5. The number of nitrogens with one attached hydrogen (secondary N) is 2. The zero-order valence-corrected chi connectivity index (χ0v) is 12.3. The van der Waals surface area contributed by atoms with E-state index in [1.807, 2.05) is 0 Å². The minimum atomic E-state index is -0.199. The Labute approximate surface area is 123 Å². The molecule has 1 aromatic carbocycles. The van der Waals surface area contributed by atoms with Gasteiger partial charge >= 0.3 is 0 Å². The minimum Gasteiger partial charge on any atom is -0.355 e. The molecule has 0 aromatic heterocycles. The Bertz CT molecular complexity index is 511. The van der Waals surface area contributed by atoms with Gasteiger partial charge in [0.15, 0.2) is 0 Å². The van der Waals surface area contributed by atoms with Crippen molar-refractivity contribution in [2.75, 3.05) is 12.4 Å². The topological polar surface area (TPSA) is 58.2 Å². The molecule has 0 aliphatic heterocycles. The number of amides is 2. The molecular weight excluding hydrogens is 276 g/mol. The molecule has 0 radical (unpaired) electrons. The summed E-state index contributed by atoms with van der Waals surface area (Å²) >= 11 is 6.08. The summed E-state index contributed by atoms with van der Waals surface area (Å²) in [7, 11) is 1.57. The van der Waals surface area contributed by atoms with Gasteiger partial charge in [0, 0.05) is 18.5 Å². The van der Waals surface area contributed by atoms with Gasteiger partial charge in [-0.3, -0.25) is 9.59 Å². The molecular formula is C15H19ClN2O2. The third-order valence-electron chi connectivity index (χ3n) is 3.69. The quantitative estimate of drug-likeness (QED) is 0.899. The highest BCUT2D eigenvalue weighted by atomic mass is 35.5. The van der Waals surface area contributed by atoms with Crippen LogP contribution >= 0.6 is 11.6 Å². The van der Waals surface area contributed by atoms with Gasteiger partial charge in [-0.05, 0) is 31.0 Å². The summed E-state index contributed by atoms with van der Waals surface area (Å²) in [5, 5.41) is 5.84. The lowest BCUT2D eigenvalue weighted by molar-refractivity contribution is -0.120. The number of benzene rings is 1. The highest BCUT2D eigenvalue weighted by Gasteiger charge is 2.22. The third kappa shape index (κ3) is 3.51. The standard InChI is InChI=1S/C15H19ClN2O2/c1-17-14(19)11-7-8-12(16)13(9-11)18-15(20)10-5-3-2-4-6-10/h7-10H,2-6H2,1H3,(H,17,19)(H,18,20). The molecule has 1 saturated carbocycles. The van der Waals surface area contributed by atoms with Crippen LogP contribution in [0, 0.1) is 5.92 Å². The monoisotopic (exact) mass is 294 g/mol. The lowest BCUT2D eigenvalue weighted by Gasteiger charge is -2.21. The fourth-order valence-corrected chi connectivity index (χ4v) is 2.67. The maximum absolute atomic E-state index is 12.2. The molecule has 0 heterocycles. The largest absolute Gasteiger partial charge is 0.355 e. The molecule has 5 heteroatoms. The second-order valence-corrected chi connectivity index (χ2v) is 5.51. The summed E-state index contributed by atoms with van der Waals surface area (Å²) in [5.41, 5.74) is 0.985. The fourth-order valence-electron chi connectivity index (χ4n) is 2.51. The summed E-state index contributed by atoms with van der Waals surface area (Å²) < 4.78 is 0. The van der Waals surface area contributed by atoms with Gasteiger partial charge < -0.3 is 10.6 Å². The Morgan fingerprint density at radius 3 is 2.55 bits per heavy atom. The lowest BCUT2D eigenvalue weighted by Crippen LogP contribution is -2.25. The van der Waals surface area contributed by atoms with Crippen molar-refractivity contribution in [1.29, 1.82) is 0 Å². The minimum absolute atomic E-state index is 0.000608. The fraction of sp³-hybridized carbons (Fsp3) is 0.467. The van der Waals surface area contributed by atoms with Gasteiger partial charge in [-0.2, -0.15) is 0 Å². The molecule has 2 amide bonds. The van der Waals surface area contributed by atoms with Crippen molar-refractivity contribution in [3.63, 3.8) is 0 Å². The maximum atomic E-state index is 12.2. The second-order valence-electron chi connectivity index (χ2n) is 5.10. The molecule has 1 aliphatic carbocycles. The first kappa shape index (κ1) is 14.9. The Hall–Kier alpha value is -1.55. The van der Waals surface area contributed by atoms with Crippen molar-refractivity contribution in [2.24, 2.45) is 5.92 Å². The maximum Gasteiger partial charge on any atom is 0.251 e. The van der Waals surface area contributed by atoms with E-state index in [0.29, 0.717) is 16.3 Å². The van der Waals surface area contributed by atoms with Crippen molar-refractivity contribution in [3.05, 3.63) is 28.8 Å². The predicted octanol–water partition coefficient (Wildman–Crippen LogP) is 3.22. The molecule has 2 N–H and O–H groups in total. The van der Waals surface area contributed by atoms with Crippen LogP contribution in [-0.2, 0) is 4.79 Å². The normalized spacial score (nSPS) is 15.7. The first-order valence-corrected chi connectivity index (χ1v) is 7.32. The van der Waals surface area contributed by atoms with E-state index >= 15 is 0 Å². The Morgan fingerprint density at radius 1 is 1.20 bits per heavy atom. The summed E-state index contributed by atoms with van der Waals surface area (Å²) in [4.78, 5) is 23.8. The van der Waals surface area contributed by atoms with Crippen molar-refractivity contribution >= 4 is 29.1 Å². The average Bonchev–Trinajstić information content (AvgIpc) is 2.49. The summed E-state index contributed by atoms with van der Waals surface area (Å²) in [6, 6.07) is 4.88. The van der Waals surface area contributed by atoms with Crippen molar-refractivity contribution in [3.8, 4) is 0 Å². The van der Waals surface area contributed by atoms with Gasteiger partial charge in [-0.15, -0.1) is 0 Å². The summed E-state index contributed by atoms with van der Waals surface area (Å²) in [6.45, 7) is 0. The number of hydrogen-bond acceptors (Lipinski definition) is 2. The van der Waals surface area contributed by atoms with E-state index in [1.165, 1.54) is 6.42 Å². The van der Waals surface area contributed by atoms with Gasteiger partial charge in [0.1, 0.15) is 0 Å². The van der Waals surface area contributed by atoms with Crippen LogP contribution in [0.1, 0.15) is 42.5 Å². The molecule has 0 saturated heterocycles. The average molecular weight is 295 g/mol. The SMILES string of the molecule is CNC(=O)c1ccc(Cl)c(NC(=O)C2CCCCC2)c1. The van der Waals surface area contributed by atoms with Crippen LogP contribution in [-0.4, -0.2) is 18.9 Å². The molecule has 1 fully saturated rings. The van der Waals surface area contributed by atoms with E-state index in [2.05, 4.69) is 10.6 Å². The van der Waals surface area contributed by atoms with E-state index in [9.17, 15) is 9.59 Å². The molecule has 1 aromatic rings. The van der Waals surface area contributed by atoms with Gasteiger partial charge in [-0.1, -0.05) is 30.9 Å². The van der Waals surface area contributed by atoms with E-state index in [4.69, 9.17) is 11.6 Å². The van der Waals surface area contributed by atoms with E-state index in [1.54, 1.807) is 25.2 Å². The molecule has 4 nitrogen and oxygen atoms in total. The van der Waals surface area contributed by atoms with E-state index in [0.717, 1.165) is 25.7 Å². The highest BCUT2D eigenvalue weighted by molar-refractivity contribution is 6.33. The Balaban J connectivity index is 2.11. The number of halogens is 1. The highest BCUT2D eigenvalue weighted by Crippen LogP contribution is 2.27.